The Morgan fingerprint density at radius 2 is 1.85 bits per heavy atom. The molecule has 9 nitrogen and oxygen atoms in total. The fraction of sp³-hybridized carbons (Fsp3) is 0.379. The molecule has 1 fully saturated rings. The van der Waals surface area contributed by atoms with Gasteiger partial charge in [0.2, 0.25) is 0 Å². The minimum Gasteiger partial charge on any atom is -0.493 e. The quantitative estimate of drug-likeness (QED) is 0.338. The second-order valence-corrected chi connectivity index (χ2v) is 10.6. The van der Waals surface area contributed by atoms with Crippen LogP contribution in [0.5, 0.6) is 11.5 Å². The van der Waals surface area contributed by atoms with Crippen LogP contribution < -0.4 is 9.47 Å². The van der Waals surface area contributed by atoms with Gasteiger partial charge in [-0.25, -0.2) is 19.2 Å². The van der Waals surface area contributed by atoms with E-state index in [1.807, 2.05) is 43.6 Å². The molecule has 0 saturated carbocycles. The highest BCUT2D eigenvalue weighted by atomic mass is 19.1. The summed E-state index contributed by atoms with van der Waals surface area (Å²) in [7, 11) is 3.39. The van der Waals surface area contributed by atoms with Crippen molar-refractivity contribution in [3.63, 3.8) is 0 Å². The van der Waals surface area contributed by atoms with Crippen molar-refractivity contribution in [2.24, 2.45) is 7.05 Å². The molecular weight excluding hydrogens is 501 g/mol. The first-order chi connectivity index (χ1) is 18.6. The minimum absolute atomic E-state index is 0.111. The van der Waals surface area contributed by atoms with E-state index in [9.17, 15) is 4.79 Å². The minimum atomic E-state index is -1.40. The number of benzene rings is 2. The molecule has 1 amide bonds. The molecule has 3 heterocycles. The van der Waals surface area contributed by atoms with Crippen molar-refractivity contribution in [2.75, 3.05) is 20.2 Å². The summed E-state index contributed by atoms with van der Waals surface area (Å²) < 4.78 is 34.2. The second-order valence-electron chi connectivity index (χ2n) is 10.6. The highest BCUT2D eigenvalue weighted by molar-refractivity contribution is 5.97. The molecule has 10 heteroatoms. The lowest BCUT2D eigenvalue weighted by Gasteiger charge is -2.35. The van der Waals surface area contributed by atoms with Crippen LogP contribution in [-0.2, 0) is 11.8 Å². The van der Waals surface area contributed by atoms with E-state index in [4.69, 9.17) is 14.2 Å². The van der Waals surface area contributed by atoms with Gasteiger partial charge in [0.15, 0.2) is 17.7 Å². The van der Waals surface area contributed by atoms with Crippen LogP contribution in [0, 0.1) is 0 Å². The number of amides is 1. The second kappa shape index (κ2) is 10.5. The van der Waals surface area contributed by atoms with Gasteiger partial charge in [-0.05, 0) is 26.8 Å². The summed E-state index contributed by atoms with van der Waals surface area (Å²) in [5, 5.41) is 5.40. The fourth-order valence-electron chi connectivity index (χ4n) is 4.67. The summed E-state index contributed by atoms with van der Waals surface area (Å²) in [4.78, 5) is 22.9. The third-order valence-corrected chi connectivity index (χ3v) is 6.46. The largest absolute Gasteiger partial charge is 0.493 e. The van der Waals surface area contributed by atoms with E-state index < -0.39 is 24.0 Å². The number of carbonyl (C=O) groups is 1. The van der Waals surface area contributed by atoms with E-state index in [0.29, 0.717) is 35.7 Å². The van der Waals surface area contributed by atoms with Gasteiger partial charge >= 0.3 is 6.09 Å². The predicted molar refractivity (Wildman–Crippen MR) is 145 cm³/mol. The summed E-state index contributed by atoms with van der Waals surface area (Å²) in [6, 6.07) is 13.4. The molecule has 0 bridgehead atoms. The fourth-order valence-corrected chi connectivity index (χ4v) is 4.67. The molecular formula is C29H32FN5O4. The summed E-state index contributed by atoms with van der Waals surface area (Å²) in [6.45, 7) is 5.56. The maximum absolute atomic E-state index is 15.3. The van der Waals surface area contributed by atoms with Crippen LogP contribution in [0.15, 0.2) is 55.0 Å². The van der Waals surface area contributed by atoms with Gasteiger partial charge in [0.1, 0.15) is 23.7 Å². The van der Waals surface area contributed by atoms with Crippen LogP contribution in [-0.4, -0.2) is 68.8 Å². The first-order valence-corrected chi connectivity index (χ1v) is 12.8. The Morgan fingerprint density at radius 1 is 1.08 bits per heavy atom. The maximum Gasteiger partial charge on any atom is 0.410 e. The van der Waals surface area contributed by atoms with Crippen LogP contribution in [0.3, 0.4) is 0 Å². The van der Waals surface area contributed by atoms with E-state index >= 15 is 4.39 Å². The van der Waals surface area contributed by atoms with Gasteiger partial charge < -0.3 is 19.1 Å². The number of likely N-dealkylation sites (tertiary alicyclic amines) is 1. The Labute approximate surface area is 226 Å². The number of carbonyl (C=O) groups excluding carboxylic acids is 1. The summed E-state index contributed by atoms with van der Waals surface area (Å²) >= 11 is 0. The molecule has 0 N–H and O–H groups in total. The van der Waals surface area contributed by atoms with Crippen LogP contribution in [0.2, 0.25) is 0 Å². The molecule has 0 aliphatic carbocycles. The smallest absolute Gasteiger partial charge is 0.410 e. The predicted octanol–water partition coefficient (Wildman–Crippen LogP) is 5.43. The number of aryl methyl sites for hydroxylation is 1. The van der Waals surface area contributed by atoms with Crippen molar-refractivity contribution >= 4 is 17.0 Å². The Bertz CT molecular complexity index is 1480. The number of hydrogen-bond acceptors (Lipinski definition) is 7. The highest BCUT2D eigenvalue weighted by Crippen LogP contribution is 2.39. The third kappa shape index (κ3) is 5.64. The third-order valence-electron chi connectivity index (χ3n) is 6.46. The molecule has 0 unspecified atom stereocenters. The van der Waals surface area contributed by atoms with Gasteiger partial charge in [-0.2, -0.15) is 5.10 Å². The van der Waals surface area contributed by atoms with Gasteiger partial charge in [0.05, 0.1) is 24.9 Å². The number of fused-ring (bicyclic) bond motifs is 1. The molecule has 0 radical (unpaired) electrons. The van der Waals surface area contributed by atoms with Crippen molar-refractivity contribution in [3.05, 3.63) is 55.0 Å². The zero-order chi connectivity index (χ0) is 27.7. The van der Waals surface area contributed by atoms with Crippen molar-refractivity contribution in [1.29, 1.82) is 0 Å². The SMILES string of the molecule is COc1cc2ncnc(-c3cn(C)nc3-c3ccccc3)c2cc1O[C@H]1CCN(C(=O)OC(C)(C)C)C[C@@H]1F. The topological polar surface area (TPSA) is 91.6 Å². The number of methoxy groups -OCH3 is 1. The number of alkyl halides is 1. The number of piperidine rings is 1. The zero-order valence-electron chi connectivity index (χ0n) is 22.7. The zero-order valence-corrected chi connectivity index (χ0v) is 22.7. The van der Waals surface area contributed by atoms with Crippen molar-refractivity contribution in [3.8, 4) is 34.0 Å². The van der Waals surface area contributed by atoms with Gasteiger partial charge in [-0.1, -0.05) is 30.3 Å². The summed E-state index contributed by atoms with van der Waals surface area (Å²) in [5.41, 5.74) is 3.26. The van der Waals surface area contributed by atoms with E-state index in [-0.39, 0.29) is 6.54 Å². The first-order valence-electron chi connectivity index (χ1n) is 12.8. The lowest BCUT2D eigenvalue weighted by Crippen LogP contribution is -2.50. The Balaban J connectivity index is 1.46. The summed E-state index contributed by atoms with van der Waals surface area (Å²) in [5.74, 6) is 0.813. The van der Waals surface area contributed by atoms with Crippen molar-refractivity contribution in [2.45, 2.75) is 45.1 Å². The van der Waals surface area contributed by atoms with E-state index in [1.165, 1.54) is 18.3 Å². The highest BCUT2D eigenvalue weighted by Gasteiger charge is 2.35. The molecule has 0 spiro atoms. The Hall–Kier alpha value is -4.21. The van der Waals surface area contributed by atoms with Crippen molar-refractivity contribution < 1.29 is 23.4 Å². The first kappa shape index (κ1) is 26.4. The number of ether oxygens (including phenoxy) is 3. The summed E-state index contributed by atoms with van der Waals surface area (Å²) in [6.07, 6.45) is 1.03. The average Bonchev–Trinajstić information content (AvgIpc) is 3.30. The molecule has 1 aliphatic rings. The van der Waals surface area contributed by atoms with E-state index in [2.05, 4.69) is 15.1 Å². The molecule has 4 aromatic rings. The normalized spacial score (nSPS) is 17.7. The van der Waals surface area contributed by atoms with Crippen LogP contribution in [0.4, 0.5) is 9.18 Å². The molecule has 2 atom stereocenters. The van der Waals surface area contributed by atoms with Gasteiger partial charge in [0, 0.05) is 48.8 Å². The molecule has 204 valence electrons. The molecule has 1 aliphatic heterocycles. The van der Waals surface area contributed by atoms with Gasteiger partial charge in [-0.15, -0.1) is 0 Å². The Kier molecular flexibility index (Phi) is 7.12. The van der Waals surface area contributed by atoms with E-state index in [0.717, 1.165) is 22.2 Å². The van der Waals surface area contributed by atoms with Crippen LogP contribution >= 0.6 is 0 Å². The standard InChI is InChI=1S/C29H32FN5O4/c1-29(2,3)39-28(36)35-12-11-23(21(30)16-35)38-25-13-19-22(14-24(25)37-5)31-17-32-27(19)20-15-34(4)33-26(20)18-9-7-6-8-10-18/h6-10,13-15,17,21,23H,11-12,16H2,1-5H3/t21-,23-/m0/s1. The molecule has 2 aromatic carbocycles. The maximum atomic E-state index is 15.3. The molecule has 5 rings (SSSR count). The molecule has 1 saturated heterocycles. The van der Waals surface area contributed by atoms with Crippen LogP contribution in [0.1, 0.15) is 27.2 Å². The van der Waals surface area contributed by atoms with Gasteiger partial charge in [-0.3, -0.25) is 4.68 Å². The molecule has 39 heavy (non-hydrogen) atoms. The average molecular weight is 534 g/mol. The van der Waals surface area contributed by atoms with Crippen molar-refractivity contribution in [1.82, 2.24) is 24.6 Å². The monoisotopic (exact) mass is 533 g/mol. The lowest BCUT2D eigenvalue weighted by atomic mass is 10.0. The van der Waals surface area contributed by atoms with Gasteiger partial charge in [0.25, 0.3) is 0 Å². The van der Waals surface area contributed by atoms with Crippen LogP contribution in [0.25, 0.3) is 33.4 Å². The molecule has 2 aromatic heterocycles. The lowest BCUT2D eigenvalue weighted by molar-refractivity contribution is -0.0109. The number of halogens is 1. The number of rotatable bonds is 5. The number of nitrogens with zero attached hydrogens (tertiary/aromatic N) is 5. The number of aromatic nitrogens is 4. The van der Waals surface area contributed by atoms with E-state index in [1.54, 1.807) is 37.6 Å². The Morgan fingerprint density at radius 3 is 2.54 bits per heavy atom. The number of hydrogen-bond donors (Lipinski definition) is 0.